The van der Waals surface area contributed by atoms with Crippen molar-refractivity contribution in [2.45, 2.75) is 341 Å². The quantitative estimate of drug-likeness (QED) is 0.0373. The van der Waals surface area contributed by atoms with Crippen molar-refractivity contribution in [2.24, 2.45) is 0 Å². The zero-order valence-electron chi connectivity index (χ0n) is 54.0. The summed E-state index contributed by atoms with van der Waals surface area (Å²) in [5, 5.41) is 9.71. The molecule has 0 saturated carbocycles. The molecule has 1 unspecified atom stereocenters. The average Bonchev–Trinajstić information content (AvgIpc) is 3.49. The summed E-state index contributed by atoms with van der Waals surface area (Å²) in [5.74, 6) is -0.582. The number of allylic oxidation sites excluding steroid dienone is 20. The van der Waals surface area contributed by atoms with Crippen LogP contribution in [-0.4, -0.2) is 36.4 Å². The summed E-state index contributed by atoms with van der Waals surface area (Å²) in [5.41, 5.74) is 0. The van der Waals surface area contributed by atoms with Gasteiger partial charge in [-0.05, 0) is 109 Å². The Balaban J connectivity index is 3.47. The van der Waals surface area contributed by atoms with Crippen LogP contribution >= 0.6 is 0 Å². The van der Waals surface area contributed by atoms with Gasteiger partial charge in [0.15, 0.2) is 6.10 Å². The van der Waals surface area contributed by atoms with Gasteiger partial charge < -0.3 is 14.6 Å². The topological polar surface area (TPSA) is 72.8 Å². The fourth-order valence-electron chi connectivity index (χ4n) is 10.0. The van der Waals surface area contributed by atoms with E-state index in [0.717, 1.165) is 96.3 Å². The van der Waals surface area contributed by atoms with Crippen molar-refractivity contribution in [1.82, 2.24) is 0 Å². The Morgan fingerprint density at radius 2 is 0.524 bits per heavy atom. The van der Waals surface area contributed by atoms with E-state index < -0.39 is 6.10 Å². The lowest BCUT2D eigenvalue weighted by atomic mass is 10.0. The van der Waals surface area contributed by atoms with Crippen LogP contribution in [0.15, 0.2) is 122 Å². The fourth-order valence-corrected chi connectivity index (χ4v) is 10.0. The molecule has 0 aliphatic heterocycles. The van der Waals surface area contributed by atoms with Crippen LogP contribution < -0.4 is 0 Å². The van der Waals surface area contributed by atoms with E-state index in [2.05, 4.69) is 135 Å². The average molecular weight is 1140 g/mol. The van der Waals surface area contributed by atoms with Crippen molar-refractivity contribution < 1.29 is 24.2 Å². The number of esters is 2. The number of aliphatic hydroxyl groups excluding tert-OH is 1. The molecule has 5 heteroatoms. The first-order chi connectivity index (χ1) is 40.6. The van der Waals surface area contributed by atoms with Crippen molar-refractivity contribution in [1.29, 1.82) is 0 Å². The van der Waals surface area contributed by atoms with Gasteiger partial charge >= 0.3 is 11.9 Å². The lowest BCUT2D eigenvalue weighted by molar-refractivity contribution is -0.161. The highest BCUT2D eigenvalue weighted by molar-refractivity contribution is 5.70. The maximum atomic E-state index is 12.4. The maximum Gasteiger partial charge on any atom is 0.306 e. The van der Waals surface area contributed by atoms with Crippen LogP contribution in [0.1, 0.15) is 335 Å². The second kappa shape index (κ2) is 71.6. The van der Waals surface area contributed by atoms with Gasteiger partial charge in [0.1, 0.15) is 6.61 Å². The van der Waals surface area contributed by atoms with E-state index in [1.807, 2.05) is 0 Å². The molecular weight excluding hydrogens is 1000 g/mol. The number of carbonyl (C=O) groups is 2. The lowest BCUT2D eigenvalue weighted by Crippen LogP contribution is -2.28. The van der Waals surface area contributed by atoms with E-state index >= 15 is 0 Å². The summed E-state index contributed by atoms with van der Waals surface area (Å²) >= 11 is 0. The van der Waals surface area contributed by atoms with E-state index in [-0.39, 0.29) is 25.2 Å². The minimum Gasteiger partial charge on any atom is -0.462 e. The third kappa shape index (κ3) is 68.8. The molecule has 0 spiro atoms. The standard InChI is InChI=1S/C77H132O5/c1-3-5-7-9-11-13-15-17-19-21-23-25-27-29-31-33-34-35-36-37-38-39-40-41-42-44-46-48-50-52-54-56-58-60-62-64-66-68-70-72-77(80)82-75(73-78)74-81-76(79)71-69-67-65-63-61-59-57-55-53-51-49-47-45-43-32-30-28-26-24-22-20-18-16-14-12-10-8-6-4-2/h5,7,11,13,16-19,22-25,28-31,34-35,37-38,75,78H,3-4,6,8-10,12,14-15,20-21,26-27,32-33,36,39-74H2,1-2H3/b7-5-,13-11-,18-16-,19-17-,24-22-,25-23-,30-28-,31-29-,35-34-,38-37-. The van der Waals surface area contributed by atoms with Crippen molar-refractivity contribution in [2.75, 3.05) is 13.2 Å². The van der Waals surface area contributed by atoms with Crippen LogP contribution in [0.3, 0.4) is 0 Å². The number of aliphatic hydroxyl groups is 1. The van der Waals surface area contributed by atoms with Crippen molar-refractivity contribution in [3.63, 3.8) is 0 Å². The highest BCUT2D eigenvalue weighted by Crippen LogP contribution is 2.17. The van der Waals surface area contributed by atoms with Crippen molar-refractivity contribution in [3.8, 4) is 0 Å². The number of unbranched alkanes of at least 4 members (excludes halogenated alkanes) is 36. The third-order valence-electron chi connectivity index (χ3n) is 15.2. The normalized spacial score (nSPS) is 13.0. The van der Waals surface area contributed by atoms with Crippen LogP contribution in [-0.2, 0) is 19.1 Å². The van der Waals surface area contributed by atoms with Crippen LogP contribution in [0.5, 0.6) is 0 Å². The molecule has 0 rings (SSSR count). The van der Waals surface area contributed by atoms with Crippen LogP contribution in [0, 0.1) is 0 Å². The number of carbonyl (C=O) groups excluding carboxylic acids is 2. The van der Waals surface area contributed by atoms with Gasteiger partial charge in [-0.15, -0.1) is 0 Å². The Bertz CT molecular complexity index is 1620. The Hall–Kier alpha value is -3.70. The second-order valence-corrected chi connectivity index (χ2v) is 23.2. The van der Waals surface area contributed by atoms with Gasteiger partial charge in [-0.3, -0.25) is 9.59 Å². The smallest absolute Gasteiger partial charge is 0.306 e. The first-order valence-corrected chi connectivity index (χ1v) is 35.1. The van der Waals surface area contributed by atoms with E-state index in [9.17, 15) is 14.7 Å². The molecule has 0 radical (unpaired) electrons. The summed E-state index contributed by atoms with van der Waals surface area (Å²) in [7, 11) is 0. The molecule has 0 aromatic carbocycles. The molecule has 0 amide bonds. The van der Waals surface area contributed by atoms with E-state index in [4.69, 9.17) is 9.47 Å². The Morgan fingerprint density at radius 1 is 0.293 bits per heavy atom. The fraction of sp³-hybridized carbons (Fsp3) is 0.714. The molecule has 0 aliphatic carbocycles. The lowest BCUT2D eigenvalue weighted by Gasteiger charge is -2.15. The molecule has 0 heterocycles. The highest BCUT2D eigenvalue weighted by atomic mass is 16.6. The molecular formula is C77H132O5. The molecule has 5 nitrogen and oxygen atoms in total. The Morgan fingerprint density at radius 3 is 0.793 bits per heavy atom. The van der Waals surface area contributed by atoms with Gasteiger partial charge in [0.25, 0.3) is 0 Å². The molecule has 0 aliphatic rings. The highest BCUT2D eigenvalue weighted by Gasteiger charge is 2.16. The van der Waals surface area contributed by atoms with Crippen molar-refractivity contribution >= 4 is 11.9 Å². The molecule has 0 fully saturated rings. The first-order valence-electron chi connectivity index (χ1n) is 35.1. The van der Waals surface area contributed by atoms with E-state index in [1.54, 1.807) is 0 Å². The third-order valence-corrected chi connectivity index (χ3v) is 15.2. The molecule has 470 valence electrons. The van der Waals surface area contributed by atoms with Gasteiger partial charge in [-0.25, -0.2) is 0 Å². The predicted molar refractivity (Wildman–Crippen MR) is 362 cm³/mol. The van der Waals surface area contributed by atoms with Gasteiger partial charge in [0, 0.05) is 12.8 Å². The molecule has 0 aromatic rings. The first kappa shape index (κ1) is 78.3. The van der Waals surface area contributed by atoms with Gasteiger partial charge in [0.05, 0.1) is 6.61 Å². The summed E-state index contributed by atoms with van der Waals surface area (Å²) in [4.78, 5) is 24.7. The summed E-state index contributed by atoms with van der Waals surface area (Å²) < 4.78 is 10.8. The zero-order chi connectivity index (χ0) is 59.1. The Kier molecular flexibility index (Phi) is 68.3. The number of hydrogen-bond donors (Lipinski definition) is 1. The maximum absolute atomic E-state index is 12.4. The van der Waals surface area contributed by atoms with E-state index in [1.165, 1.54) is 212 Å². The summed E-state index contributed by atoms with van der Waals surface area (Å²) in [6.07, 6.45) is 105. The molecule has 82 heavy (non-hydrogen) atoms. The molecule has 1 N–H and O–H groups in total. The largest absolute Gasteiger partial charge is 0.462 e. The summed E-state index contributed by atoms with van der Waals surface area (Å²) in [6.45, 7) is 4.04. The minimum atomic E-state index is -0.779. The zero-order valence-corrected chi connectivity index (χ0v) is 54.0. The predicted octanol–water partition coefficient (Wildman–Crippen LogP) is 24.5. The monoisotopic (exact) mass is 1140 g/mol. The minimum absolute atomic E-state index is 0.0677. The number of ether oxygens (including phenoxy) is 2. The number of hydrogen-bond acceptors (Lipinski definition) is 5. The Labute approximate surface area is 509 Å². The van der Waals surface area contributed by atoms with E-state index in [0.29, 0.717) is 12.8 Å². The van der Waals surface area contributed by atoms with Gasteiger partial charge in [-0.2, -0.15) is 0 Å². The SMILES string of the molecule is CC/C=C\C/C=C\C/C=C\C/C=C\C/C=C\C/C=C\C/C=C\CCCCCCCCCCCCCCCCCCCC(=O)OC(CO)COC(=O)CCCCCCCCCCCCCCCC/C=C\C/C=C\C/C=C\CCCCCCC. The summed E-state index contributed by atoms with van der Waals surface area (Å²) in [6, 6.07) is 0. The second-order valence-electron chi connectivity index (χ2n) is 23.2. The van der Waals surface area contributed by atoms with Crippen LogP contribution in [0.4, 0.5) is 0 Å². The molecule has 0 saturated heterocycles. The molecule has 0 bridgehead atoms. The molecule has 0 aromatic heterocycles. The van der Waals surface area contributed by atoms with Gasteiger partial charge in [-0.1, -0.05) is 334 Å². The van der Waals surface area contributed by atoms with Crippen LogP contribution in [0.25, 0.3) is 0 Å². The van der Waals surface area contributed by atoms with Crippen LogP contribution in [0.2, 0.25) is 0 Å². The number of rotatable bonds is 64. The van der Waals surface area contributed by atoms with Crippen molar-refractivity contribution in [3.05, 3.63) is 122 Å². The van der Waals surface area contributed by atoms with Gasteiger partial charge in [0.2, 0.25) is 0 Å². The molecule has 1 atom stereocenters.